The Bertz CT molecular complexity index is 355. The monoisotopic (exact) mass is 206 g/mol. The molecule has 0 amide bonds. The molecule has 0 bridgehead atoms. The molecule has 0 fully saturated rings. The maximum absolute atomic E-state index is 13.0. The van der Waals surface area contributed by atoms with Gasteiger partial charge >= 0.3 is 0 Å². The van der Waals surface area contributed by atoms with Gasteiger partial charge in [-0.3, -0.25) is 0 Å². The van der Waals surface area contributed by atoms with Gasteiger partial charge in [0, 0.05) is 13.1 Å². The third-order valence-electron chi connectivity index (χ3n) is 2.00. The van der Waals surface area contributed by atoms with Crippen LogP contribution < -0.4 is 10.6 Å². The lowest BCUT2D eigenvalue weighted by atomic mass is 10.2. The average molecular weight is 206 g/mol. The van der Waals surface area contributed by atoms with Crippen LogP contribution in [0.5, 0.6) is 0 Å². The molecule has 2 N–H and O–H groups in total. The summed E-state index contributed by atoms with van der Waals surface area (Å²) < 4.78 is 51.5. The molecule has 0 saturated heterocycles. The molecule has 1 aliphatic heterocycles. The summed E-state index contributed by atoms with van der Waals surface area (Å²) in [6.45, 7) is 0.656. The number of hydrogen-bond acceptors (Lipinski definition) is 2. The second-order valence-electron chi connectivity index (χ2n) is 2.86. The summed E-state index contributed by atoms with van der Waals surface area (Å²) in [7, 11) is 0. The average Bonchev–Trinajstić information content (AvgIpc) is 2.23. The highest BCUT2D eigenvalue weighted by Crippen LogP contribution is 2.34. The Kier molecular flexibility index (Phi) is 1.98. The molecular weight excluding hydrogens is 200 g/mol. The fraction of sp³-hybridized carbons (Fsp3) is 0.250. The number of halogens is 4. The van der Waals surface area contributed by atoms with Crippen LogP contribution in [0.2, 0.25) is 0 Å². The van der Waals surface area contributed by atoms with Crippen molar-refractivity contribution in [2.75, 3.05) is 23.7 Å². The molecule has 0 aliphatic carbocycles. The van der Waals surface area contributed by atoms with Crippen molar-refractivity contribution in [1.29, 1.82) is 0 Å². The van der Waals surface area contributed by atoms with Gasteiger partial charge in [0.25, 0.3) is 0 Å². The highest BCUT2D eigenvalue weighted by molar-refractivity contribution is 5.72. The topological polar surface area (TPSA) is 24.1 Å². The third kappa shape index (κ3) is 1.10. The number of anilines is 2. The van der Waals surface area contributed by atoms with E-state index in [9.17, 15) is 17.6 Å². The maximum atomic E-state index is 13.0. The maximum Gasteiger partial charge on any atom is 0.199 e. The highest BCUT2D eigenvalue weighted by Gasteiger charge is 2.26. The van der Waals surface area contributed by atoms with Gasteiger partial charge in [-0.15, -0.1) is 0 Å². The lowest BCUT2D eigenvalue weighted by molar-refractivity contribution is 0.412. The molecule has 0 saturated carbocycles. The van der Waals surface area contributed by atoms with E-state index >= 15 is 0 Å². The fourth-order valence-electron chi connectivity index (χ4n) is 1.34. The van der Waals surface area contributed by atoms with Gasteiger partial charge in [0.1, 0.15) is 11.4 Å². The van der Waals surface area contributed by atoms with Gasteiger partial charge in [-0.1, -0.05) is 0 Å². The van der Waals surface area contributed by atoms with Crippen molar-refractivity contribution < 1.29 is 17.6 Å². The molecule has 0 aromatic heterocycles. The molecule has 0 atom stereocenters. The summed E-state index contributed by atoms with van der Waals surface area (Å²) in [5.74, 6) is -6.38. The minimum atomic E-state index is -1.79. The van der Waals surface area contributed by atoms with E-state index in [1.165, 1.54) is 0 Å². The Morgan fingerprint density at radius 1 is 0.643 bits per heavy atom. The smallest absolute Gasteiger partial charge is 0.199 e. The second kappa shape index (κ2) is 3.04. The zero-order valence-electron chi connectivity index (χ0n) is 6.93. The third-order valence-corrected chi connectivity index (χ3v) is 2.00. The minimum Gasteiger partial charge on any atom is -0.379 e. The number of nitrogens with one attached hydrogen (secondary N) is 2. The van der Waals surface area contributed by atoms with Crippen LogP contribution in [0, 0.1) is 23.3 Å². The van der Waals surface area contributed by atoms with E-state index in [2.05, 4.69) is 10.6 Å². The van der Waals surface area contributed by atoms with Crippen LogP contribution in [0.25, 0.3) is 0 Å². The van der Waals surface area contributed by atoms with Crippen molar-refractivity contribution in [1.82, 2.24) is 0 Å². The normalized spacial score (nSPS) is 14.3. The highest BCUT2D eigenvalue weighted by atomic mass is 19.2. The summed E-state index contributed by atoms with van der Waals surface area (Å²) in [5.41, 5.74) is -0.708. The molecule has 6 heteroatoms. The van der Waals surface area contributed by atoms with E-state index in [0.29, 0.717) is 13.1 Å². The summed E-state index contributed by atoms with van der Waals surface area (Å²) in [5, 5.41) is 4.91. The van der Waals surface area contributed by atoms with Crippen LogP contribution in [0.3, 0.4) is 0 Å². The molecule has 0 unspecified atom stereocenters. The standard InChI is InChI=1S/C8H6F4N2/c9-3-4(10)6(12)8-7(5(3)11)13-1-2-14-8/h13-14H,1-2H2. The quantitative estimate of drug-likeness (QED) is 0.386. The van der Waals surface area contributed by atoms with E-state index in [-0.39, 0.29) is 11.4 Å². The second-order valence-corrected chi connectivity index (χ2v) is 2.86. The number of hydrogen-bond donors (Lipinski definition) is 2. The Hall–Kier alpha value is -1.46. The lowest BCUT2D eigenvalue weighted by Crippen LogP contribution is -2.23. The summed E-state index contributed by atoms with van der Waals surface area (Å²) in [6.07, 6.45) is 0. The van der Waals surface area contributed by atoms with Crippen LogP contribution in [0.15, 0.2) is 0 Å². The van der Waals surface area contributed by atoms with Crippen LogP contribution in [0.1, 0.15) is 0 Å². The van der Waals surface area contributed by atoms with Crippen molar-refractivity contribution in [3.05, 3.63) is 23.3 Å². The van der Waals surface area contributed by atoms with Crippen molar-refractivity contribution in [3.8, 4) is 0 Å². The van der Waals surface area contributed by atoms with Gasteiger partial charge in [0.05, 0.1) is 0 Å². The van der Waals surface area contributed by atoms with Gasteiger partial charge in [-0.05, 0) is 0 Å². The van der Waals surface area contributed by atoms with E-state index in [1.807, 2.05) is 0 Å². The van der Waals surface area contributed by atoms with Crippen molar-refractivity contribution in [2.24, 2.45) is 0 Å². The van der Waals surface area contributed by atoms with Gasteiger partial charge in [0.15, 0.2) is 23.3 Å². The van der Waals surface area contributed by atoms with Crippen LogP contribution in [-0.4, -0.2) is 13.1 Å². The van der Waals surface area contributed by atoms with Gasteiger partial charge < -0.3 is 10.6 Å². The first-order valence-electron chi connectivity index (χ1n) is 3.96. The van der Waals surface area contributed by atoms with E-state index < -0.39 is 23.3 Å². The number of fused-ring (bicyclic) bond motifs is 1. The SMILES string of the molecule is Fc1c(F)c(F)c2c(c1F)NCCN2. The molecule has 1 heterocycles. The Labute approximate surface area is 76.9 Å². The molecule has 14 heavy (non-hydrogen) atoms. The Balaban J connectivity index is 2.71. The summed E-state index contributed by atoms with van der Waals surface area (Å²) in [4.78, 5) is 0. The van der Waals surface area contributed by atoms with Gasteiger partial charge in [-0.25, -0.2) is 17.6 Å². The number of rotatable bonds is 0. The van der Waals surface area contributed by atoms with Crippen molar-refractivity contribution >= 4 is 11.4 Å². The van der Waals surface area contributed by atoms with Crippen LogP contribution >= 0.6 is 0 Å². The van der Waals surface area contributed by atoms with Crippen LogP contribution in [0.4, 0.5) is 28.9 Å². The molecule has 1 aromatic rings. The summed E-state index contributed by atoms with van der Waals surface area (Å²) >= 11 is 0. The molecule has 2 nitrogen and oxygen atoms in total. The van der Waals surface area contributed by atoms with E-state index in [1.54, 1.807) is 0 Å². The largest absolute Gasteiger partial charge is 0.379 e. The molecular formula is C8H6F4N2. The Morgan fingerprint density at radius 3 is 1.36 bits per heavy atom. The molecule has 1 aliphatic rings. The molecule has 2 rings (SSSR count). The van der Waals surface area contributed by atoms with Gasteiger partial charge in [-0.2, -0.15) is 0 Å². The fourth-order valence-corrected chi connectivity index (χ4v) is 1.34. The number of benzene rings is 1. The molecule has 0 spiro atoms. The predicted octanol–water partition coefficient (Wildman–Crippen LogP) is 2.08. The van der Waals surface area contributed by atoms with E-state index in [4.69, 9.17) is 0 Å². The first-order valence-corrected chi connectivity index (χ1v) is 3.96. The van der Waals surface area contributed by atoms with Crippen molar-refractivity contribution in [2.45, 2.75) is 0 Å². The molecule has 1 aromatic carbocycles. The van der Waals surface area contributed by atoms with Gasteiger partial charge in [0.2, 0.25) is 0 Å². The zero-order chi connectivity index (χ0) is 10.3. The zero-order valence-corrected chi connectivity index (χ0v) is 6.93. The first kappa shape index (κ1) is 9.11. The van der Waals surface area contributed by atoms with Crippen LogP contribution in [-0.2, 0) is 0 Å². The Morgan fingerprint density at radius 2 is 1.00 bits per heavy atom. The molecule has 76 valence electrons. The lowest BCUT2D eigenvalue weighted by Gasteiger charge is -2.21. The predicted molar refractivity (Wildman–Crippen MR) is 43.3 cm³/mol. The molecule has 0 radical (unpaired) electrons. The van der Waals surface area contributed by atoms with E-state index in [0.717, 1.165) is 0 Å². The van der Waals surface area contributed by atoms with Crippen molar-refractivity contribution in [3.63, 3.8) is 0 Å². The summed E-state index contributed by atoms with van der Waals surface area (Å²) in [6, 6.07) is 0. The first-order chi connectivity index (χ1) is 6.63. The minimum absolute atomic E-state index is 0.328.